The quantitative estimate of drug-likeness (QED) is 0.335. The Balaban J connectivity index is 1.74. The molecule has 0 aliphatic rings. The first-order chi connectivity index (χ1) is 15.9. The molecule has 0 aliphatic carbocycles. The Kier molecular flexibility index (Phi) is 6.07. The predicted molar refractivity (Wildman–Crippen MR) is 118 cm³/mol. The SMILES string of the molecule is CCCn1c(=O)c2[nH]c(Cc3nnco3)nc2n(CCc2cc(NC(C)=O)ccc2O)c1=O. The number of carbonyl (C=O) groups excluding carboxylic acids is 1. The molecule has 0 spiro atoms. The normalized spacial score (nSPS) is 11.2. The third kappa shape index (κ3) is 4.54. The van der Waals surface area contributed by atoms with E-state index in [0.29, 0.717) is 29.4 Å². The molecule has 33 heavy (non-hydrogen) atoms. The van der Waals surface area contributed by atoms with Gasteiger partial charge in [0.1, 0.15) is 17.1 Å². The van der Waals surface area contributed by atoms with Gasteiger partial charge in [0.25, 0.3) is 5.56 Å². The van der Waals surface area contributed by atoms with Gasteiger partial charge in [0, 0.05) is 25.7 Å². The van der Waals surface area contributed by atoms with Crippen LogP contribution in [0.5, 0.6) is 5.75 Å². The van der Waals surface area contributed by atoms with Crippen LogP contribution < -0.4 is 16.6 Å². The van der Waals surface area contributed by atoms with Gasteiger partial charge in [-0.25, -0.2) is 9.78 Å². The van der Waals surface area contributed by atoms with E-state index in [-0.39, 0.29) is 48.8 Å². The number of aromatic hydroxyl groups is 1. The van der Waals surface area contributed by atoms with Crippen LogP contribution in [0.15, 0.2) is 38.6 Å². The highest BCUT2D eigenvalue weighted by molar-refractivity contribution is 5.88. The molecule has 0 aliphatic heterocycles. The minimum absolute atomic E-state index is 0.0365. The van der Waals surface area contributed by atoms with Gasteiger partial charge in [0.2, 0.25) is 18.2 Å². The number of hydrogen-bond donors (Lipinski definition) is 3. The summed E-state index contributed by atoms with van der Waals surface area (Å²) in [5, 5.41) is 20.4. The van der Waals surface area contributed by atoms with Gasteiger partial charge in [-0.2, -0.15) is 0 Å². The molecule has 0 bridgehead atoms. The first-order valence-electron chi connectivity index (χ1n) is 10.4. The van der Waals surface area contributed by atoms with E-state index in [4.69, 9.17) is 4.42 Å². The number of rotatable bonds is 8. The molecule has 3 N–H and O–H groups in total. The Bertz CT molecular complexity index is 1420. The number of aromatic nitrogens is 6. The predicted octanol–water partition coefficient (Wildman–Crippen LogP) is 1.18. The van der Waals surface area contributed by atoms with Crippen molar-refractivity contribution in [3.63, 3.8) is 0 Å². The number of benzene rings is 1. The molecule has 4 aromatic rings. The number of aryl methyl sites for hydroxylation is 2. The van der Waals surface area contributed by atoms with Gasteiger partial charge in [0.15, 0.2) is 5.65 Å². The molecule has 0 atom stereocenters. The van der Waals surface area contributed by atoms with E-state index in [1.165, 1.54) is 28.5 Å². The average Bonchev–Trinajstić information content (AvgIpc) is 3.43. The van der Waals surface area contributed by atoms with Crippen LogP contribution in [0, 0.1) is 0 Å². The molecule has 12 nitrogen and oxygen atoms in total. The van der Waals surface area contributed by atoms with Crippen molar-refractivity contribution in [2.45, 2.75) is 46.2 Å². The third-order valence-corrected chi connectivity index (χ3v) is 5.09. The molecule has 4 rings (SSSR count). The zero-order valence-electron chi connectivity index (χ0n) is 18.2. The average molecular weight is 453 g/mol. The fourth-order valence-electron chi connectivity index (χ4n) is 3.64. The fraction of sp³-hybridized carbons (Fsp3) is 0.333. The summed E-state index contributed by atoms with van der Waals surface area (Å²) in [4.78, 5) is 44.9. The first-order valence-corrected chi connectivity index (χ1v) is 10.4. The van der Waals surface area contributed by atoms with Crippen LogP contribution >= 0.6 is 0 Å². The van der Waals surface area contributed by atoms with Crippen LogP contribution in [0.25, 0.3) is 11.2 Å². The number of amides is 1. The molecule has 172 valence electrons. The van der Waals surface area contributed by atoms with Crippen LogP contribution in [0.1, 0.15) is 37.5 Å². The van der Waals surface area contributed by atoms with E-state index < -0.39 is 11.2 Å². The van der Waals surface area contributed by atoms with Crippen molar-refractivity contribution < 1.29 is 14.3 Å². The monoisotopic (exact) mass is 453 g/mol. The number of fused-ring (bicyclic) bond motifs is 1. The topological polar surface area (TPSA) is 161 Å². The minimum atomic E-state index is -0.484. The highest BCUT2D eigenvalue weighted by Gasteiger charge is 2.18. The van der Waals surface area contributed by atoms with Crippen LogP contribution in [0.3, 0.4) is 0 Å². The van der Waals surface area contributed by atoms with E-state index in [0.717, 1.165) is 0 Å². The Labute approximate surface area is 186 Å². The summed E-state index contributed by atoms with van der Waals surface area (Å²) in [7, 11) is 0. The third-order valence-electron chi connectivity index (χ3n) is 5.09. The summed E-state index contributed by atoms with van der Waals surface area (Å²) in [6.45, 7) is 3.68. The highest BCUT2D eigenvalue weighted by atomic mass is 16.4. The second kappa shape index (κ2) is 9.10. The van der Waals surface area contributed by atoms with E-state index >= 15 is 0 Å². The van der Waals surface area contributed by atoms with Gasteiger partial charge in [-0.05, 0) is 36.6 Å². The molecule has 0 radical (unpaired) electrons. The summed E-state index contributed by atoms with van der Waals surface area (Å²) in [6.07, 6.45) is 2.24. The second-order valence-corrected chi connectivity index (χ2v) is 7.56. The molecule has 0 fully saturated rings. The first kappa shape index (κ1) is 22.0. The molecule has 3 heterocycles. The fourth-order valence-corrected chi connectivity index (χ4v) is 3.64. The highest BCUT2D eigenvalue weighted by Crippen LogP contribution is 2.22. The molecule has 12 heteroatoms. The van der Waals surface area contributed by atoms with E-state index in [1.54, 1.807) is 12.1 Å². The van der Waals surface area contributed by atoms with Gasteiger partial charge >= 0.3 is 5.69 Å². The van der Waals surface area contributed by atoms with Crippen LogP contribution in [-0.4, -0.2) is 40.3 Å². The Hall–Kier alpha value is -4.22. The van der Waals surface area contributed by atoms with Crippen molar-refractivity contribution in [3.8, 4) is 5.75 Å². The summed E-state index contributed by atoms with van der Waals surface area (Å²) in [5.41, 5.74) is 0.551. The number of aromatic amines is 1. The van der Waals surface area contributed by atoms with Crippen LogP contribution in [0.4, 0.5) is 5.69 Å². The van der Waals surface area contributed by atoms with Crippen molar-refractivity contribution in [2.24, 2.45) is 0 Å². The Morgan fingerprint density at radius 2 is 2.06 bits per heavy atom. The van der Waals surface area contributed by atoms with E-state index in [1.807, 2.05) is 6.92 Å². The summed E-state index contributed by atoms with van der Waals surface area (Å²) in [5.74, 6) is 0.525. The zero-order valence-corrected chi connectivity index (χ0v) is 18.2. The molecule has 0 saturated heterocycles. The van der Waals surface area contributed by atoms with Crippen molar-refractivity contribution >= 4 is 22.8 Å². The lowest BCUT2D eigenvalue weighted by molar-refractivity contribution is -0.114. The van der Waals surface area contributed by atoms with Crippen molar-refractivity contribution in [3.05, 3.63) is 62.7 Å². The number of H-pyrrole nitrogens is 1. The lowest BCUT2D eigenvalue weighted by Gasteiger charge is -2.12. The maximum Gasteiger partial charge on any atom is 0.332 e. The van der Waals surface area contributed by atoms with Crippen molar-refractivity contribution in [2.75, 3.05) is 5.32 Å². The number of phenolic OH excluding ortho intramolecular Hbond substituents is 1. The van der Waals surface area contributed by atoms with Gasteiger partial charge < -0.3 is 19.8 Å². The summed E-state index contributed by atoms with van der Waals surface area (Å²) in [6, 6.07) is 4.71. The summed E-state index contributed by atoms with van der Waals surface area (Å²) >= 11 is 0. The van der Waals surface area contributed by atoms with Crippen LogP contribution in [0.2, 0.25) is 0 Å². The number of hydrogen-bond acceptors (Lipinski definition) is 8. The smallest absolute Gasteiger partial charge is 0.332 e. The van der Waals surface area contributed by atoms with Crippen molar-refractivity contribution in [1.29, 1.82) is 0 Å². The molecule has 3 aromatic heterocycles. The van der Waals surface area contributed by atoms with Gasteiger partial charge in [-0.15, -0.1) is 10.2 Å². The number of nitrogens with one attached hydrogen (secondary N) is 2. The standard InChI is InChI=1S/C21H23N7O5/c1-3-7-28-20(31)18-19(25-16(24-18)10-17-26-22-11-33-17)27(21(28)32)8-6-13-9-14(23-12(2)29)4-5-15(13)30/h4-5,9,11,30H,3,6-8,10H2,1-2H3,(H,23,29)(H,24,25). The molecular weight excluding hydrogens is 430 g/mol. The molecule has 0 saturated carbocycles. The van der Waals surface area contributed by atoms with E-state index in [2.05, 4.69) is 25.5 Å². The number of anilines is 1. The number of nitrogens with zero attached hydrogens (tertiary/aromatic N) is 5. The molecular formula is C21H23N7O5. The number of phenols is 1. The van der Waals surface area contributed by atoms with Gasteiger partial charge in [-0.3, -0.25) is 18.7 Å². The lowest BCUT2D eigenvalue weighted by Crippen LogP contribution is -2.40. The lowest BCUT2D eigenvalue weighted by atomic mass is 10.1. The maximum absolute atomic E-state index is 13.2. The van der Waals surface area contributed by atoms with Crippen LogP contribution in [-0.2, 0) is 30.7 Å². The molecule has 1 aromatic carbocycles. The summed E-state index contributed by atoms with van der Waals surface area (Å²) < 4.78 is 7.72. The van der Waals surface area contributed by atoms with Crippen molar-refractivity contribution in [1.82, 2.24) is 29.3 Å². The zero-order chi connectivity index (χ0) is 23.5. The molecule has 0 unspecified atom stereocenters. The molecule has 1 amide bonds. The van der Waals surface area contributed by atoms with E-state index in [9.17, 15) is 19.5 Å². The number of carbonyl (C=O) groups is 1. The van der Waals surface area contributed by atoms with Gasteiger partial charge in [0.05, 0.1) is 6.42 Å². The Morgan fingerprint density at radius 1 is 1.24 bits per heavy atom. The minimum Gasteiger partial charge on any atom is -0.508 e. The Morgan fingerprint density at radius 3 is 2.76 bits per heavy atom. The largest absolute Gasteiger partial charge is 0.508 e. The maximum atomic E-state index is 13.2. The number of imidazole rings is 1. The van der Waals surface area contributed by atoms with Gasteiger partial charge in [-0.1, -0.05) is 6.92 Å². The second-order valence-electron chi connectivity index (χ2n) is 7.56.